The largest absolute Gasteiger partial charge is 0.497 e. The zero-order chi connectivity index (χ0) is 22.1. The number of carbonyl (C=O) groups excluding carboxylic acids is 2. The van der Waals surface area contributed by atoms with Crippen LogP contribution in [-0.4, -0.2) is 40.2 Å². The van der Waals surface area contributed by atoms with E-state index in [-0.39, 0.29) is 11.5 Å². The third kappa shape index (κ3) is 4.35. The van der Waals surface area contributed by atoms with Gasteiger partial charge in [-0.3, -0.25) is 9.59 Å². The minimum Gasteiger partial charge on any atom is -0.497 e. The Morgan fingerprint density at radius 2 is 1.93 bits per heavy atom. The van der Waals surface area contributed by atoms with E-state index >= 15 is 0 Å². The third-order valence-corrected chi connectivity index (χ3v) is 4.90. The highest BCUT2D eigenvalue weighted by atomic mass is 19.1. The summed E-state index contributed by atoms with van der Waals surface area (Å²) in [7, 11) is 1.55. The lowest BCUT2D eigenvalue weighted by atomic mass is 10.0. The number of alkyl halides is 1. The Balaban J connectivity index is 1.95. The average molecular weight is 413 g/mol. The van der Waals surface area contributed by atoms with Crippen molar-refractivity contribution in [1.82, 2.24) is 9.61 Å². The summed E-state index contributed by atoms with van der Waals surface area (Å²) in [5, 5.41) is 9.98. The van der Waals surface area contributed by atoms with Gasteiger partial charge in [-0.15, -0.1) is 0 Å². The van der Waals surface area contributed by atoms with Crippen LogP contribution >= 0.6 is 0 Å². The summed E-state index contributed by atoms with van der Waals surface area (Å²) in [5.41, 5.74) is 5.79. The summed E-state index contributed by atoms with van der Waals surface area (Å²) in [5.74, 6) is -0.372. The quantitative estimate of drug-likeness (QED) is 0.551. The molecule has 0 aliphatic heterocycles. The fourth-order valence-corrected chi connectivity index (χ4v) is 2.80. The van der Waals surface area contributed by atoms with E-state index in [1.807, 2.05) is 0 Å². The van der Waals surface area contributed by atoms with Crippen LogP contribution in [0.15, 0.2) is 42.7 Å². The van der Waals surface area contributed by atoms with Crippen molar-refractivity contribution in [3.05, 3.63) is 53.9 Å². The van der Waals surface area contributed by atoms with Crippen molar-refractivity contribution in [2.24, 2.45) is 5.73 Å². The maximum Gasteiger partial charge on any atom is 0.255 e. The molecule has 0 bridgehead atoms. The van der Waals surface area contributed by atoms with Gasteiger partial charge in [0.1, 0.15) is 11.4 Å². The minimum atomic E-state index is -1.55. The molecule has 2 heterocycles. The molecule has 0 saturated carbocycles. The molecule has 1 unspecified atom stereocenters. The molecular weight excluding hydrogens is 389 g/mol. The van der Waals surface area contributed by atoms with Gasteiger partial charge in [-0.05, 0) is 51.1 Å². The smallest absolute Gasteiger partial charge is 0.255 e. The van der Waals surface area contributed by atoms with Crippen LogP contribution in [0.3, 0.4) is 0 Å². The first kappa shape index (κ1) is 21.1. The van der Waals surface area contributed by atoms with Crippen LogP contribution in [0.4, 0.5) is 15.8 Å². The number of hydrogen-bond acceptors (Lipinski definition) is 5. The molecule has 2 amide bonds. The number of halogens is 1. The molecule has 158 valence electrons. The lowest BCUT2D eigenvalue weighted by molar-refractivity contribution is 0.0997. The number of ether oxygens (including phenoxy) is 1. The maximum absolute atomic E-state index is 14.4. The second-order valence-electron chi connectivity index (χ2n) is 7.47. The van der Waals surface area contributed by atoms with Gasteiger partial charge in [0.2, 0.25) is 0 Å². The molecule has 1 atom stereocenters. The molecule has 8 nitrogen and oxygen atoms in total. The van der Waals surface area contributed by atoms with E-state index in [0.29, 0.717) is 28.2 Å². The predicted molar refractivity (Wildman–Crippen MR) is 113 cm³/mol. The summed E-state index contributed by atoms with van der Waals surface area (Å²) >= 11 is 0. The fraction of sp³-hybridized carbons (Fsp3) is 0.286. The van der Waals surface area contributed by atoms with Crippen LogP contribution in [0.1, 0.15) is 41.5 Å². The molecule has 0 radical (unpaired) electrons. The van der Waals surface area contributed by atoms with Crippen molar-refractivity contribution in [2.75, 3.05) is 17.7 Å². The summed E-state index contributed by atoms with van der Waals surface area (Å²) in [4.78, 5) is 24.4. The van der Waals surface area contributed by atoms with Gasteiger partial charge in [0.15, 0.2) is 0 Å². The highest BCUT2D eigenvalue weighted by Crippen LogP contribution is 2.28. The van der Waals surface area contributed by atoms with E-state index < -0.39 is 17.6 Å². The summed E-state index contributed by atoms with van der Waals surface area (Å²) < 4.78 is 20.9. The minimum absolute atomic E-state index is 0.129. The van der Waals surface area contributed by atoms with Gasteiger partial charge in [0.05, 0.1) is 48.0 Å². The number of benzene rings is 1. The molecule has 30 heavy (non-hydrogen) atoms. The fourth-order valence-electron chi connectivity index (χ4n) is 2.80. The zero-order valence-corrected chi connectivity index (χ0v) is 17.2. The third-order valence-electron chi connectivity index (χ3n) is 4.90. The summed E-state index contributed by atoms with van der Waals surface area (Å²) in [6.07, 6.45) is 2.91. The molecule has 9 heteroatoms. The van der Waals surface area contributed by atoms with Crippen LogP contribution in [0.5, 0.6) is 5.75 Å². The van der Waals surface area contributed by atoms with E-state index in [2.05, 4.69) is 15.7 Å². The van der Waals surface area contributed by atoms with Gasteiger partial charge >= 0.3 is 0 Å². The van der Waals surface area contributed by atoms with Gasteiger partial charge in [0.25, 0.3) is 11.8 Å². The SMILES string of the molecule is COc1ccc(C(=O)Nc2cc3c(NC(C)C(C)(C)F)c(C(N)=O)cnn3c2)cc1. The number of nitrogens with zero attached hydrogens (tertiary/aromatic N) is 2. The molecule has 2 aromatic heterocycles. The van der Waals surface area contributed by atoms with Gasteiger partial charge in [-0.1, -0.05) is 0 Å². The Morgan fingerprint density at radius 3 is 2.50 bits per heavy atom. The normalized spacial score (nSPS) is 12.4. The van der Waals surface area contributed by atoms with Crippen molar-refractivity contribution < 1.29 is 18.7 Å². The number of fused-ring (bicyclic) bond motifs is 1. The zero-order valence-electron chi connectivity index (χ0n) is 17.2. The van der Waals surface area contributed by atoms with Crippen molar-refractivity contribution in [3.8, 4) is 5.75 Å². The molecule has 3 aromatic rings. The van der Waals surface area contributed by atoms with Crippen LogP contribution in [0.25, 0.3) is 5.52 Å². The van der Waals surface area contributed by atoms with Crippen LogP contribution < -0.4 is 21.1 Å². The molecule has 0 aliphatic carbocycles. The van der Waals surface area contributed by atoms with Gasteiger partial charge in [-0.2, -0.15) is 5.10 Å². The second-order valence-corrected chi connectivity index (χ2v) is 7.47. The number of rotatable bonds is 7. The Labute approximate surface area is 173 Å². The number of amides is 2. The molecule has 1 aromatic carbocycles. The van der Waals surface area contributed by atoms with Crippen molar-refractivity contribution in [3.63, 3.8) is 0 Å². The van der Waals surface area contributed by atoms with Gasteiger partial charge in [0, 0.05) is 5.56 Å². The highest BCUT2D eigenvalue weighted by Gasteiger charge is 2.27. The van der Waals surface area contributed by atoms with E-state index in [9.17, 15) is 14.0 Å². The number of hydrogen-bond donors (Lipinski definition) is 3. The number of nitrogens with one attached hydrogen (secondary N) is 2. The Morgan fingerprint density at radius 1 is 1.27 bits per heavy atom. The number of primary amides is 1. The van der Waals surface area contributed by atoms with Crippen molar-refractivity contribution in [1.29, 1.82) is 0 Å². The number of anilines is 2. The molecule has 4 N–H and O–H groups in total. The van der Waals surface area contributed by atoms with Crippen molar-refractivity contribution >= 4 is 28.7 Å². The Hall–Kier alpha value is -3.62. The van der Waals surface area contributed by atoms with Crippen LogP contribution in [0.2, 0.25) is 0 Å². The van der Waals surface area contributed by atoms with Gasteiger partial charge < -0.3 is 21.1 Å². The predicted octanol–water partition coefficient (Wildman–Crippen LogP) is 3.24. The Kier molecular flexibility index (Phi) is 5.64. The first-order valence-corrected chi connectivity index (χ1v) is 9.32. The topological polar surface area (TPSA) is 111 Å². The Bertz CT molecular complexity index is 1090. The molecule has 0 aliphatic rings. The van der Waals surface area contributed by atoms with Crippen LogP contribution in [-0.2, 0) is 0 Å². The molecule has 0 spiro atoms. The highest BCUT2D eigenvalue weighted by molar-refractivity contribution is 6.06. The molecule has 0 fully saturated rings. The van der Waals surface area contributed by atoms with E-state index in [0.717, 1.165) is 0 Å². The summed E-state index contributed by atoms with van der Waals surface area (Å²) in [6, 6.07) is 7.69. The second kappa shape index (κ2) is 8.02. The molecular formula is C21H24FN5O3. The lowest BCUT2D eigenvalue weighted by Gasteiger charge is -2.26. The van der Waals surface area contributed by atoms with Gasteiger partial charge in [-0.25, -0.2) is 8.91 Å². The number of carbonyl (C=O) groups is 2. The van der Waals surface area contributed by atoms with Crippen LogP contribution in [0, 0.1) is 0 Å². The molecule has 0 saturated heterocycles. The lowest BCUT2D eigenvalue weighted by Crippen LogP contribution is -2.36. The number of methoxy groups -OCH3 is 1. The van der Waals surface area contributed by atoms with E-state index in [1.165, 1.54) is 24.6 Å². The monoisotopic (exact) mass is 413 g/mol. The maximum atomic E-state index is 14.4. The first-order chi connectivity index (χ1) is 14.1. The van der Waals surface area contributed by atoms with Crippen molar-refractivity contribution in [2.45, 2.75) is 32.5 Å². The molecule has 3 rings (SSSR count). The van der Waals surface area contributed by atoms with E-state index in [1.54, 1.807) is 50.6 Å². The first-order valence-electron chi connectivity index (χ1n) is 9.32. The number of nitrogens with two attached hydrogens (primary N) is 1. The van der Waals surface area contributed by atoms with E-state index in [4.69, 9.17) is 10.5 Å². The number of aromatic nitrogens is 2. The average Bonchev–Trinajstić information content (AvgIpc) is 3.10. The standard InChI is InChI=1S/C21H24FN5O3/c1-12(21(2,3)22)25-18-16(19(23)28)10-24-27-11-14(9-17(18)27)26-20(29)13-5-7-15(30-4)8-6-13/h5-12,25H,1-4H3,(H2,23,28)(H,26,29). The summed E-state index contributed by atoms with van der Waals surface area (Å²) in [6.45, 7) is 4.54.